The second-order valence-corrected chi connectivity index (χ2v) is 23.3. The topological polar surface area (TPSA) is 27.7 Å². The van der Waals surface area contributed by atoms with Crippen LogP contribution in [0, 0.1) is 5.92 Å². The van der Waals surface area contributed by atoms with E-state index in [1.807, 2.05) is 12.1 Å². The van der Waals surface area contributed by atoms with Crippen LogP contribution in [0.1, 0.15) is 85.0 Å². The standard InChI is InChI=1S/C15H19O3.3C4H9.Sn/c1-4-5-14-11(2)10-17-15(18-14)12-6-8-13(16-3)9-7-12;3*1-3-4-2;/h5-9,11,14-15H,10H2,1-3H3;3*1,3-4H2,2H3;/t11-,14-,15-;;;;/m0..../s1. The van der Waals surface area contributed by atoms with E-state index in [4.69, 9.17) is 14.2 Å². The molecule has 0 N–H and O–H groups in total. The van der Waals surface area contributed by atoms with Crippen LogP contribution in [0.3, 0.4) is 0 Å². The predicted octanol–water partition coefficient (Wildman–Crippen LogP) is 8.08. The molecule has 0 bridgehead atoms. The van der Waals surface area contributed by atoms with E-state index in [2.05, 4.69) is 52.8 Å². The molecule has 1 aliphatic heterocycles. The first-order chi connectivity index (χ1) is 15.0. The van der Waals surface area contributed by atoms with Crippen molar-refractivity contribution in [2.75, 3.05) is 13.7 Å². The van der Waals surface area contributed by atoms with Gasteiger partial charge in [-0.25, -0.2) is 0 Å². The van der Waals surface area contributed by atoms with Crippen LogP contribution in [-0.2, 0) is 9.47 Å². The van der Waals surface area contributed by atoms with E-state index in [1.54, 1.807) is 10.7 Å². The Hall–Kier alpha value is -0.521. The zero-order valence-electron chi connectivity index (χ0n) is 20.9. The number of methoxy groups -OCH3 is 1. The molecule has 1 heterocycles. The fourth-order valence-electron chi connectivity index (χ4n) is 4.72. The Morgan fingerprint density at radius 1 is 1.00 bits per heavy atom. The number of benzene rings is 1. The van der Waals surface area contributed by atoms with E-state index in [1.165, 1.54) is 51.8 Å². The molecule has 3 nitrogen and oxygen atoms in total. The van der Waals surface area contributed by atoms with Crippen molar-refractivity contribution in [3.05, 3.63) is 39.5 Å². The van der Waals surface area contributed by atoms with Gasteiger partial charge in [-0.3, -0.25) is 0 Å². The average Bonchev–Trinajstić information content (AvgIpc) is 2.80. The van der Waals surface area contributed by atoms with Gasteiger partial charge in [0.2, 0.25) is 0 Å². The van der Waals surface area contributed by atoms with Gasteiger partial charge in [0.1, 0.15) is 0 Å². The van der Waals surface area contributed by atoms with Crippen LogP contribution < -0.4 is 4.74 Å². The molecule has 0 unspecified atom stereocenters. The first-order valence-corrected chi connectivity index (χ1v) is 20.1. The third-order valence-corrected chi connectivity index (χ3v) is 23.5. The zero-order chi connectivity index (χ0) is 22.7. The van der Waals surface area contributed by atoms with Crippen molar-refractivity contribution in [1.82, 2.24) is 0 Å². The number of rotatable bonds is 13. The maximum atomic E-state index is 6.53. The summed E-state index contributed by atoms with van der Waals surface area (Å²) in [7, 11) is 1.70. The molecule has 1 fully saturated rings. The van der Waals surface area contributed by atoms with Gasteiger partial charge in [0.05, 0.1) is 0 Å². The Kier molecular flexibility index (Phi) is 12.0. The van der Waals surface area contributed by atoms with Crippen LogP contribution in [0.2, 0.25) is 13.3 Å². The Bertz CT molecular complexity index is 633. The van der Waals surface area contributed by atoms with Crippen LogP contribution >= 0.6 is 0 Å². The van der Waals surface area contributed by atoms with Crippen LogP contribution in [0.4, 0.5) is 0 Å². The Morgan fingerprint density at radius 3 is 2.03 bits per heavy atom. The second kappa shape index (κ2) is 13.9. The van der Waals surface area contributed by atoms with Crippen LogP contribution in [0.5, 0.6) is 5.75 Å². The predicted molar refractivity (Wildman–Crippen MR) is 134 cm³/mol. The van der Waals surface area contributed by atoms with E-state index in [0.29, 0.717) is 5.92 Å². The van der Waals surface area contributed by atoms with Crippen LogP contribution in [-0.4, -0.2) is 38.2 Å². The van der Waals surface area contributed by atoms with Crippen LogP contribution in [0.25, 0.3) is 0 Å². The molecular formula is C27H46O3Sn. The number of hydrogen-bond acceptors (Lipinski definition) is 3. The van der Waals surface area contributed by atoms with Crippen molar-refractivity contribution in [3.63, 3.8) is 0 Å². The van der Waals surface area contributed by atoms with Crippen molar-refractivity contribution < 1.29 is 14.2 Å². The zero-order valence-corrected chi connectivity index (χ0v) is 23.8. The van der Waals surface area contributed by atoms with Crippen molar-refractivity contribution in [3.8, 4) is 5.75 Å². The van der Waals surface area contributed by atoms with Crippen molar-refractivity contribution in [2.45, 2.75) is 98.8 Å². The van der Waals surface area contributed by atoms with E-state index >= 15 is 0 Å². The van der Waals surface area contributed by atoms with Gasteiger partial charge in [-0.15, -0.1) is 0 Å². The minimum atomic E-state index is -2.38. The fourth-order valence-corrected chi connectivity index (χ4v) is 20.5. The first kappa shape index (κ1) is 26.7. The average molecular weight is 537 g/mol. The van der Waals surface area contributed by atoms with Gasteiger partial charge in [0.25, 0.3) is 0 Å². The Morgan fingerprint density at radius 2 is 1.55 bits per heavy atom. The maximum absolute atomic E-state index is 6.53. The van der Waals surface area contributed by atoms with Gasteiger partial charge < -0.3 is 0 Å². The quantitative estimate of drug-likeness (QED) is 0.238. The molecule has 1 aliphatic rings. The van der Waals surface area contributed by atoms with Crippen molar-refractivity contribution in [1.29, 1.82) is 0 Å². The van der Waals surface area contributed by atoms with Gasteiger partial charge in [-0.05, 0) is 0 Å². The molecule has 1 aromatic carbocycles. The third-order valence-electron chi connectivity index (χ3n) is 7.02. The summed E-state index contributed by atoms with van der Waals surface area (Å²) in [5.41, 5.74) is 1.07. The molecule has 1 aromatic rings. The van der Waals surface area contributed by atoms with Crippen molar-refractivity contribution >= 4 is 18.4 Å². The Labute approximate surface area is 195 Å². The summed E-state index contributed by atoms with van der Waals surface area (Å²) in [5, 5.41) is 0. The molecule has 0 amide bonds. The summed E-state index contributed by atoms with van der Waals surface area (Å²) >= 11 is -2.38. The monoisotopic (exact) mass is 538 g/mol. The van der Waals surface area contributed by atoms with Gasteiger partial charge in [-0.2, -0.15) is 0 Å². The third kappa shape index (κ3) is 7.78. The first-order valence-electron chi connectivity index (χ1n) is 12.6. The van der Waals surface area contributed by atoms with E-state index in [-0.39, 0.29) is 12.4 Å². The fraction of sp³-hybridized carbons (Fsp3) is 0.704. The number of hydrogen-bond donors (Lipinski definition) is 0. The summed E-state index contributed by atoms with van der Waals surface area (Å²) in [4.78, 5) is 0. The molecule has 0 saturated carbocycles. The number of unbranched alkanes of at least 4 members (excludes halogenated alkanes) is 3. The molecule has 0 aliphatic carbocycles. The molecule has 31 heavy (non-hydrogen) atoms. The van der Waals surface area contributed by atoms with Crippen LogP contribution in [0.15, 0.2) is 33.9 Å². The van der Waals surface area contributed by atoms with E-state index in [9.17, 15) is 0 Å². The molecule has 0 spiro atoms. The second-order valence-electron chi connectivity index (χ2n) is 9.46. The minimum absolute atomic E-state index is 0.141. The number of ether oxygens (including phenoxy) is 3. The molecule has 176 valence electrons. The van der Waals surface area contributed by atoms with Gasteiger partial charge >= 0.3 is 196 Å². The van der Waals surface area contributed by atoms with E-state index < -0.39 is 18.4 Å². The molecule has 0 aromatic heterocycles. The number of allylic oxidation sites excluding steroid dienone is 1. The van der Waals surface area contributed by atoms with Gasteiger partial charge in [0.15, 0.2) is 0 Å². The normalized spacial score (nSPS) is 22.5. The molecular weight excluding hydrogens is 491 g/mol. The summed E-state index contributed by atoms with van der Waals surface area (Å²) in [6, 6.07) is 8.08. The Balaban J connectivity index is 2.24. The molecule has 4 heteroatoms. The summed E-state index contributed by atoms with van der Waals surface area (Å²) in [6.45, 7) is 12.5. The molecule has 0 radical (unpaired) electrons. The molecule has 1 saturated heterocycles. The molecule has 2 rings (SSSR count). The summed E-state index contributed by atoms with van der Waals surface area (Å²) in [6.07, 6.45) is 10.5. The van der Waals surface area contributed by atoms with Gasteiger partial charge in [0, 0.05) is 0 Å². The van der Waals surface area contributed by atoms with Crippen molar-refractivity contribution in [2.24, 2.45) is 5.92 Å². The molecule has 3 atom stereocenters. The van der Waals surface area contributed by atoms with Gasteiger partial charge in [-0.1, -0.05) is 0 Å². The summed E-state index contributed by atoms with van der Waals surface area (Å²) < 4.78 is 24.2. The SMILES string of the molecule is CCC[CH2][Sn]([CH2]CCC)([CH2]CCC)/[C](C)=C/[C@@H]1O[C@@H](c2ccc(OC)cc2)OC[C@@H]1C. The van der Waals surface area contributed by atoms with E-state index in [0.717, 1.165) is 17.9 Å². The summed E-state index contributed by atoms with van der Waals surface area (Å²) in [5.74, 6) is 1.25.